The number of nitrogens with zero attached hydrogens (tertiary/aromatic N) is 4. The molecular formula is C11H15ClN4O2S. The minimum Gasteiger partial charge on any atom is -0.468 e. The van der Waals surface area contributed by atoms with Gasteiger partial charge in [0.05, 0.1) is 12.9 Å². The van der Waals surface area contributed by atoms with Crippen molar-refractivity contribution in [3.63, 3.8) is 0 Å². The van der Waals surface area contributed by atoms with Crippen LogP contribution in [0.4, 0.5) is 5.95 Å². The van der Waals surface area contributed by atoms with E-state index in [1.54, 1.807) is 0 Å². The molecule has 0 amide bonds. The van der Waals surface area contributed by atoms with Gasteiger partial charge in [-0.2, -0.15) is 15.0 Å². The molecule has 1 saturated heterocycles. The summed E-state index contributed by atoms with van der Waals surface area (Å²) in [6, 6.07) is 0. The first-order valence-corrected chi connectivity index (χ1v) is 7.41. The Balaban J connectivity index is 2.07. The molecule has 0 bridgehead atoms. The summed E-state index contributed by atoms with van der Waals surface area (Å²) < 4.78 is 4.57. The van der Waals surface area contributed by atoms with Crippen molar-refractivity contribution in [2.75, 3.05) is 30.9 Å². The van der Waals surface area contributed by atoms with Crippen LogP contribution in [0.25, 0.3) is 0 Å². The standard InChI is InChI=1S/C11H15ClN4O2S/c1-18-8(17)7-19-11-14-9(12)13-10(15-11)16-5-3-2-4-6-16/h2-7H2,1H3. The monoisotopic (exact) mass is 302 g/mol. The quantitative estimate of drug-likeness (QED) is 0.620. The van der Waals surface area contributed by atoms with Crippen LogP contribution in [0.5, 0.6) is 0 Å². The number of thioether (sulfide) groups is 1. The Morgan fingerprint density at radius 1 is 1.32 bits per heavy atom. The number of piperidine rings is 1. The molecule has 19 heavy (non-hydrogen) atoms. The van der Waals surface area contributed by atoms with Crippen molar-refractivity contribution in [1.82, 2.24) is 15.0 Å². The highest BCUT2D eigenvalue weighted by Crippen LogP contribution is 2.21. The second-order valence-electron chi connectivity index (χ2n) is 4.10. The smallest absolute Gasteiger partial charge is 0.316 e. The highest BCUT2D eigenvalue weighted by molar-refractivity contribution is 7.99. The maximum atomic E-state index is 11.1. The fourth-order valence-electron chi connectivity index (χ4n) is 1.80. The number of anilines is 1. The van der Waals surface area contributed by atoms with Crippen molar-refractivity contribution in [3.8, 4) is 0 Å². The number of carbonyl (C=O) groups excluding carboxylic acids is 1. The van der Waals surface area contributed by atoms with Gasteiger partial charge >= 0.3 is 5.97 Å². The molecule has 8 heteroatoms. The third-order valence-electron chi connectivity index (χ3n) is 2.76. The first kappa shape index (κ1) is 14.3. The lowest BCUT2D eigenvalue weighted by molar-refractivity contribution is -0.137. The second-order valence-corrected chi connectivity index (χ2v) is 5.38. The van der Waals surface area contributed by atoms with Crippen LogP contribution in [0.1, 0.15) is 19.3 Å². The molecule has 1 aromatic heterocycles. The molecule has 0 aliphatic carbocycles. The van der Waals surface area contributed by atoms with Gasteiger partial charge < -0.3 is 9.64 Å². The topological polar surface area (TPSA) is 68.2 Å². The molecule has 6 nitrogen and oxygen atoms in total. The van der Waals surface area contributed by atoms with Gasteiger partial charge in [-0.05, 0) is 30.9 Å². The first-order valence-electron chi connectivity index (χ1n) is 6.05. The van der Waals surface area contributed by atoms with Crippen molar-refractivity contribution in [2.45, 2.75) is 24.4 Å². The molecule has 0 spiro atoms. The van der Waals surface area contributed by atoms with E-state index in [0.717, 1.165) is 25.9 Å². The predicted octanol–water partition coefficient (Wildman–Crippen LogP) is 1.78. The zero-order chi connectivity index (χ0) is 13.7. The molecule has 1 fully saturated rings. The van der Waals surface area contributed by atoms with Crippen molar-refractivity contribution >= 4 is 35.3 Å². The Kier molecular flexibility index (Phi) is 5.21. The zero-order valence-corrected chi connectivity index (χ0v) is 12.2. The second kappa shape index (κ2) is 6.91. The number of halogens is 1. The number of ether oxygens (including phenoxy) is 1. The Morgan fingerprint density at radius 3 is 2.74 bits per heavy atom. The molecular weight excluding hydrogens is 288 g/mol. The molecule has 0 N–H and O–H groups in total. The van der Waals surface area contributed by atoms with Gasteiger partial charge in [0.25, 0.3) is 0 Å². The molecule has 0 unspecified atom stereocenters. The van der Waals surface area contributed by atoms with E-state index in [1.807, 2.05) is 0 Å². The summed E-state index contributed by atoms with van der Waals surface area (Å²) in [5.41, 5.74) is 0. The highest BCUT2D eigenvalue weighted by atomic mass is 35.5. The van der Waals surface area contributed by atoms with Crippen LogP contribution in [0.15, 0.2) is 5.16 Å². The van der Waals surface area contributed by atoms with Gasteiger partial charge in [0.1, 0.15) is 0 Å². The van der Waals surface area contributed by atoms with E-state index in [9.17, 15) is 4.79 Å². The third kappa shape index (κ3) is 4.21. The number of carbonyl (C=O) groups is 1. The number of methoxy groups -OCH3 is 1. The SMILES string of the molecule is COC(=O)CSc1nc(Cl)nc(N2CCCCC2)n1. The summed E-state index contributed by atoms with van der Waals surface area (Å²) in [6.45, 7) is 1.86. The van der Waals surface area contributed by atoms with Crippen LogP contribution in [0.3, 0.4) is 0 Å². The van der Waals surface area contributed by atoms with E-state index in [4.69, 9.17) is 11.6 Å². The fraction of sp³-hybridized carbons (Fsp3) is 0.636. The van der Waals surface area contributed by atoms with Gasteiger partial charge in [0.2, 0.25) is 11.2 Å². The van der Waals surface area contributed by atoms with Gasteiger partial charge in [0.15, 0.2) is 5.16 Å². The number of aromatic nitrogens is 3. The largest absolute Gasteiger partial charge is 0.468 e. The Hall–Kier alpha value is -1.08. The minimum absolute atomic E-state index is 0.155. The van der Waals surface area contributed by atoms with E-state index in [0.29, 0.717) is 11.1 Å². The van der Waals surface area contributed by atoms with Crippen LogP contribution in [0.2, 0.25) is 5.28 Å². The van der Waals surface area contributed by atoms with Gasteiger partial charge in [-0.1, -0.05) is 11.8 Å². The van der Waals surface area contributed by atoms with Gasteiger partial charge in [-0.25, -0.2) is 0 Å². The molecule has 1 aromatic rings. The Bertz CT molecular complexity index is 454. The number of hydrogen-bond donors (Lipinski definition) is 0. The summed E-state index contributed by atoms with van der Waals surface area (Å²) in [6.07, 6.45) is 3.50. The third-order valence-corrected chi connectivity index (χ3v) is 3.75. The Morgan fingerprint density at radius 2 is 2.05 bits per heavy atom. The molecule has 1 aliphatic rings. The predicted molar refractivity (Wildman–Crippen MR) is 73.6 cm³/mol. The minimum atomic E-state index is -0.318. The molecule has 2 heterocycles. The average molecular weight is 303 g/mol. The number of rotatable bonds is 4. The summed E-state index contributed by atoms with van der Waals surface area (Å²) in [5, 5.41) is 0.605. The average Bonchev–Trinajstić information content (AvgIpc) is 2.45. The van der Waals surface area contributed by atoms with Crippen LogP contribution in [-0.2, 0) is 9.53 Å². The highest BCUT2D eigenvalue weighted by Gasteiger charge is 2.16. The molecule has 0 atom stereocenters. The van der Waals surface area contributed by atoms with Crippen LogP contribution >= 0.6 is 23.4 Å². The maximum absolute atomic E-state index is 11.1. The first-order chi connectivity index (χ1) is 9.19. The molecule has 0 saturated carbocycles. The van der Waals surface area contributed by atoms with E-state index in [1.165, 1.54) is 25.3 Å². The summed E-state index contributed by atoms with van der Waals surface area (Å²) >= 11 is 7.10. The van der Waals surface area contributed by atoms with Crippen molar-refractivity contribution in [3.05, 3.63) is 5.28 Å². The van der Waals surface area contributed by atoms with Crippen LogP contribution in [0, 0.1) is 0 Å². The summed E-state index contributed by atoms with van der Waals surface area (Å²) in [4.78, 5) is 25.7. The van der Waals surface area contributed by atoms with Crippen molar-refractivity contribution in [1.29, 1.82) is 0 Å². The van der Waals surface area contributed by atoms with Gasteiger partial charge in [-0.15, -0.1) is 0 Å². The molecule has 104 valence electrons. The molecule has 1 aliphatic heterocycles. The Labute approximate surface area is 120 Å². The van der Waals surface area contributed by atoms with Crippen LogP contribution < -0.4 is 4.90 Å². The normalized spacial score (nSPS) is 15.4. The lowest BCUT2D eigenvalue weighted by Gasteiger charge is -2.26. The molecule has 0 radical (unpaired) electrons. The van der Waals surface area contributed by atoms with Crippen LogP contribution in [-0.4, -0.2) is 46.9 Å². The van der Waals surface area contributed by atoms with E-state index in [2.05, 4.69) is 24.6 Å². The summed E-state index contributed by atoms with van der Waals surface area (Å²) in [5.74, 6) is 0.434. The van der Waals surface area contributed by atoms with Crippen molar-refractivity contribution in [2.24, 2.45) is 0 Å². The number of esters is 1. The van der Waals surface area contributed by atoms with Crippen molar-refractivity contribution < 1.29 is 9.53 Å². The van der Waals surface area contributed by atoms with Gasteiger partial charge in [0, 0.05) is 13.1 Å². The van der Waals surface area contributed by atoms with E-state index in [-0.39, 0.29) is 17.0 Å². The maximum Gasteiger partial charge on any atom is 0.316 e. The van der Waals surface area contributed by atoms with E-state index >= 15 is 0 Å². The molecule has 2 rings (SSSR count). The molecule has 0 aromatic carbocycles. The number of hydrogen-bond acceptors (Lipinski definition) is 7. The summed E-state index contributed by atoms with van der Waals surface area (Å²) in [7, 11) is 1.35. The lowest BCUT2D eigenvalue weighted by atomic mass is 10.1. The lowest BCUT2D eigenvalue weighted by Crippen LogP contribution is -2.31. The zero-order valence-electron chi connectivity index (χ0n) is 10.6. The van der Waals surface area contributed by atoms with Gasteiger partial charge in [-0.3, -0.25) is 4.79 Å². The fourth-order valence-corrected chi connectivity index (χ4v) is 2.67. The van der Waals surface area contributed by atoms with E-state index < -0.39 is 0 Å².